The first-order valence-electron chi connectivity index (χ1n) is 9.49. The third-order valence-corrected chi connectivity index (χ3v) is 5.17. The third-order valence-electron chi connectivity index (χ3n) is 4.84. The Balaban J connectivity index is 2.02. The van der Waals surface area contributed by atoms with E-state index in [9.17, 15) is 19.6 Å². The lowest BCUT2D eigenvalue weighted by atomic mass is 9.94. The maximum absolute atomic E-state index is 12.9. The van der Waals surface area contributed by atoms with Crippen LogP contribution in [-0.4, -0.2) is 36.3 Å². The van der Waals surface area contributed by atoms with Crippen LogP contribution in [0.1, 0.15) is 36.4 Å². The highest BCUT2D eigenvalue weighted by Crippen LogP contribution is 2.31. The number of carbonyl (C=O) groups is 3. The van der Waals surface area contributed by atoms with Gasteiger partial charge >= 0.3 is 5.97 Å². The Labute approximate surface area is 184 Å². The summed E-state index contributed by atoms with van der Waals surface area (Å²) in [4.78, 5) is 38.2. The Bertz CT molecular complexity index is 1180. The number of ether oxygens (including phenoxy) is 1. The van der Waals surface area contributed by atoms with Crippen molar-refractivity contribution in [2.45, 2.75) is 20.3 Å². The van der Waals surface area contributed by atoms with Crippen LogP contribution in [-0.2, 0) is 14.3 Å². The second kappa shape index (κ2) is 9.02. The molecule has 0 spiro atoms. The van der Waals surface area contributed by atoms with E-state index in [1.807, 2.05) is 13.0 Å². The minimum atomic E-state index is -0.583. The molecule has 1 aliphatic rings. The lowest BCUT2D eigenvalue weighted by molar-refractivity contribution is -0.140. The van der Waals surface area contributed by atoms with Crippen molar-refractivity contribution in [3.05, 3.63) is 63.4 Å². The number of hydrogen-bond acceptors (Lipinski definition) is 6. The number of imide groups is 1. The van der Waals surface area contributed by atoms with Crippen molar-refractivity contribution in [1.82, 2.24) is 4.90 Å². The molecule has 1 aromatic heterocycles. The highest BCUT2D eigenvalue weighted by molar-refractivity contribution is 6.33. The number of nitriles is 1. The van der Waals surface area contributed by atoms with E-state index in [0.717, 1.165) is 4.90 Å². The van der Waals surface area contributed by atoms with E-state index in [1.54, 1.807) is 37.3 Å². The summed E-state index contributed by atoms with van der Waals surface area (Å²) in [7, 11) is 1.27. The number of hydrogen-bond donors (Lipinski definition) is 0. The molecule has 0 radical (unpaired) electrons. The van der Waals surface area contributed by atoms with Gasteiger partial charge in [-0.3, -0.25) is 14.5 Å². The van der Waals surface area contributed by atoms with Crippen LogP contribution < -0.4 is 0 Å². The summed E-state index contributed by atoms with van der Waals surface area (Å²) >= 11 is 6.06. The number of carbonyl (C=O) groups excluding carboxylic acids is 3. The zero-order valence-electron chi connectivity index (χ0n) is 17.2. The standard InChI is InChI=1S/C23H19ClN2O5/c1-4-9-26-21(27)16(13(2)18(12-25)22(26)28)11-15-6-8-20(31-15)14-5-7-19(24)17(10-14)23(29)30-3/h5-8,10-11H,4,9H2,1-3H3/b16-11+. The van der Waals surface area contributed by atoms with Crippen molar-refractivity contribution in [2.75, 3.05) is 13.7 Å². The molecule has 0 aliphatic carbocycles. The fourth-order valence-electron chi connectivity index (χ4n) is 3.23. The van der Waals surface area contributed by atoms with Gasteiger partial charge in [-0.05, 0) is 55.3 Å². The molecule has 7 nitrogen and oxygen atoms in total. The maximum atomic E-state index is 12.9. The van der Waals surface area contributed by atoms with E-state index < -0.39 is 17.8 Å². The number of amides is 2. The zero-order valence-corrected chi connectivity index (χ0v) is 17.9. The van der Waals surface area contributed by atoms with Gasteiger partial charge in [-0.15, -0.1) is 0 Å². The highest BCUT2D eigenvalue weighted by Gasteiger charge is 2.35. The number of rotatable bonds is 5. The molecule has 1 aromatic carbocycles. The van der Waals surface area contributed by atoms with Gasteiger partial charge in [-0.1, -0.05) is 18.5 Å². The molecular formula is C23H19ClN2O5. The lowest BCUT2D eigenvalue weighted by Gasteiger charge is -2.26. The molecule has 0 bridgehead atoms. The van der Waals surface area contributed by atoms with Crippen molar-refractivity contribution in [1.29, 1.82) is 5.26 Å². The van der Waals surface area contributed by atoms with Gasteiger partial charge in [0.2, 0.25) is 0 Å². The van der Waals surface area contributed by atoms with Crippen molar-refractivity contribution in [2.24, 2.45) is 0 Å². The van der Waals surface area contributed by atoms with Crippen LogP contribution in [0.25, 0.3) is 17.4 Å². The Morgan fingerprint density at radius 1 is 1.26 bits per heavy atom. The number of halogens is 1. The van der Waals surface area contributed by atoms with Crippen LogP contribution >= 0.6 is 11.6 Å². The molecule has 31 heavy (non-hydrogen) atoms. The van der Waals surface area contributed by atoms with Crippen molar-refractivity contribution in [3.63, 3.8) is 0 Å². The van der Waals surface area contributed by atoms with Crippen molar-refractivity contribution < 1.29 is 23.5 Å². The van der Waals surface area contributed by atoms with E-state index in [2.05, 4.69) is 0 Å². The molecule has 2 amide bonds. The molecule has 0 N–H and O–H groups in total. The van der Waals surface area contributed by atoms with E-state index in [4.69, 9.17) is 20.8 Å². The smallest absolute Gasteiger partial charge is 0.339 e. The third kappa shape index (κ3) is 4.16. The van der Waals surface area contributed by atoms with E-state index in [1.165, 1.54) is 13.2 Å². The fourth-order valence-corrected chi connectivity index (χ4v) is 3.42. The van der Waals surface area contributed by atoms with Gasteiger partial charge in [0.05, 0.1) is 17.7 Å². The zero-order chi connectivity index (χ0) is 22.7. The fraction of sp³-hybridized carbons (Fsp3) is 0.217. The molecule has 0 atom stereocenters. The van der Waals surface area contributed by atoms with Gasteiger partial charge in [0.25, 0.3) is 11.8 Å². The Morgan fingerprint density at radius 3 is 2.65 bits per heavy atom. The van der Waals surface area contributed by atoms with Gasteiger partial charge in [0.15, 0.2) is 0 Å². The molecule has 8 heteroatoms. The van der Waals surface area contributed by atoms with Crippen LogP contribution in [0.2, 0.25) is 5.02 Å². The lowest BCUT2D eigenvalue weighted by Crippen LogP contribution is -2.43. The first-order valence-corrected chi connectivity index (χ1v) is 9.87. The van der Waals surface area contributed by atoms with Crippen molar-refractivity contribution in [3.8, 4) is 17.4 Å². The quantitative estimate of drug-likeness (QED) is 0.390. The van der Waals surface area contributed by atoms with Crippen LogP contribution in [0.5, 0.6) is 0 Å². The second-order valence-electron chi connectivity index (χ2n) is 6.82. The monoisotopic (exact) mass is 438 g/mol. The molecule has 158 valence electrons. The summed E-state index contributed by atoms with van der Waals surface area (Å²) in [5, 5.41) is 9.64. The number of methoxy groups -OCH3 is 1. The van der Waals surface area contributed by atoms with E-state index >= 15 is 0 Å². The van der Waals surface area contributed by atoms with Crippen LogP contribution in [0, 0.1) is 11.3 Å². The van der Waals surface area contributed by atoms with Crippen LogP contribution in [0.3, 0.4) is 0 Å². The van der Waals surface area contributed by atoms with Crippen LogP contribution in [0.15, 0.2) is 51.5 Å². The molecule has 2 heterocycles. The number of benzene rings is 1. The van der Waals surface area contributed by atoms with E-state index in [0.29, 0.717) is 29.1 Å². The van der Waals surface area contributed by atoms with Crippen LogP contribution in [0.4, 0.5) is 0 Å². The Hall–Kier alpha value is -3.63. The summed E-state index contributed by atoms with van der Waals surface area (Å²) in [5.74, 6) is -0.823. The summed E-state index contributed by atoms with van der Waals surface area (Å²) in [6.07, 6.45) is 2.08. The topological polar surface area (TPSA) is 101 Å². The summed E-state index contributed by atoms with van der Waals surface area (Å²) in [6.45, 7) is 3.63. The Morgan fingerprint density at radius 2 is 2.00 bits per heavy atom. The first kappa shape index (κ1) is 22.1. The minimum absolute atomic E-state index is 0.0634. The molecule has 0 saturated heterocycles. The molecule has 3 rings (SSSR count). The maximum Gasteiger partial charge on any atom is 0.339 e. The predicted octanol–water partition coefficient (Wildman–Crippen LogP) is 4.39. The van der Waals surface area contributed by atoms with Gasteiger partial charge in [0.1, 0.15) is 23.2 Å². The first-order chi connectivity index (χ1) is 14.8. The normalized spacial score (nSPS) is 15.5. The molecule has 0 unspecified atom stereocenters. The Kier molecular flexibility index (Phi) is 6.42. The summed E-state index contributed by atoms with van der Waals surface area (Å²) in [5.41, 5.74) is 1.26. The molecule has 1 aliphatic heterocycles. The number of nitrogens with zero attached hydrogens (tertiary/aromatic N) is 2. The van der Waals surface area contributed by atoms with Crippen molar-refractivity contribution >= 4 is 35.5 Å². The largest absolute Gasteiger partial charge is 0.465 e. The number of esters is 1. The second-order valence-corrected chi connectivity index (χ2v) is 7.23. The molecule has 0 fully saturated rings. The average molecular weight is 439 g/mol. The highest BCUT2D eigenvalue weighted by atomic mass is 35.5. The molecule has 0 saturated carbocycles. The molecule has 2 aromatic rings. The predicted molar refractivity (Wildman–Crippen MR) is 114 cm³/mol. The number of furan rings is 1. The van der Waals surface area contributed by atoms with Gasteiger partial charge in [-0.25, -0.2) is 4.79 Å². The minimum Gasteiger partial charge on any atom is -0.465 e. The average Bonchev–Trinajstić information content (AvgIpc) is 3.23. The summed E-state index contributed by atoms with van der Waals surface area (Å²) < 4.78 is 10.6. The van der Waals surface area contributed by atoms with Gasteiger partial charge < -0.3 is 9.15 Å². The van der Waals surface area contributed by atoms with Gasteiger partial charge in [-0.2, -0.15) is 5.26 Å². The molecular weight excluding hydrogens is 420 g/mol. The summed E-state index contributed by atoms with van der Waals surface area (Å²) in [6, 6.07) is 10.0. The SMILES string of the molecule is CCCN1C(=O)C(C#N)=C(C)/C(=C\c2ccc(-c3ccc(Cl)c(C(=O)OC)c3)o2)C1=O. The van der Waals surface area contributed by atoms with E-state index in [-0.39, 0.29) is 28.3 Å². The van der Waals surface area contributed by atoms with Gasteiger partial charge in [0, 0.05) is 17.7 Å².